The van der Waals surface area contributed by atoms with Crippen molar-refractivity contribution in [3.05, 3.63) is 0 Å². The molecule has 4 N–H and O–H groups in total. The fourth-order valence-corrected chi connectivity index (χ4v) is 2.76. The van der Waals surface area contributed by atoms with Gasteiger partial charge in [0.05, 0.1) is 6.61 Å². The van der Waals surface area contributed by atoms with Gasteiger partial charge < -0.3 is 20.6 Å². The van der Waals surface area contributed by atoms with Gasteiger partial charge in [0.1, 0.15) is 0 Å². The van der Waals surface area contributed by atoms with Crippen molar-refractivity contribution in [2.45, 2.75) is 71.9 Å². The quantitative estimate of drug-likeness (QED) is 0.592. The Morgan fingerprint density at radius 1 is 1.09 bits per heavy atom. The lowest BCUT2D eigenvalue weighted by Crippen LogP contribution is -2.43. The van der Waals surface area contributed by atoms with E-state index in [-0.39, 0.29) is 6.61 Å². The SMILES string of the molecule is CCC(CO)NC1CCC(C(C)(C)C)CC1.O=C(O)C(=O)O. The maximum Gasteiger partial charge on any atom is 0.414 e. The monoisotopic (exact) mass is 317 g/mol. The molecule has 0 aromatic heterocycles. The molecule has 1 aliphatic rings. The molecule has 0 saturated heterocycles. The number of hydrogen-bond acceptors (Lipinski definition) is 4. The Morgan fingerprint density at radius 3 is 1.82 bits per heavy atom. The molecule has 0 spiro atoms. The van der Waals surface area contributed by atoms with Gasteiger partial charge in [-0.3, -0.25) is 0 Å². The summed E-state index contributed by atoms with van der Waals surface area (Å²) in [4.78, 5) is 18.2. The summed E-state index contributed by atoms with van der Waals surface area (Å²) >= 11 is 0. The first-order valence-electron chi connectivity index (χ1n) is 7.94. The molecular formula is C16H31NO5. The molecule has 0 amide bonds. The van der Waals surface area contributed by atoms with Crippen LogP contribution in [0.25, 0.3) is 0 Å². The summed E-state index contributed by atoms with van der Waals surface area (Å²) in [5.74, 6) is -2.77. The highest BCUT2D eigenvalue weighted by atomic mass is 16.4. The zero-order valence-corrected chi connectivity index (χ0v) is 14.1. The van der Waals surface area contributed by atoms with Crippen LogP contribution >= 0.6 is 0 Å². The van der Waals surface area contributed by atoms with Crippen LogP contribution in [0, 0.1) is 11.3 Å². The van der Waals surface area contributed by atoms with Crippen LogP contribution in [-0.4, -0.2) is 45.9 Å². The summed E-state index contributed by atoms with van der Waals surface area (Å²) in [6, 6.07) is 0.937. The number of nitrogens with one attached hydrogen (secondary N) is 1. The number of aliphatic hydroxyl groups excluding tert-OH is 1. The van der Waals surface area contributed by atoms with Gasteiger partial charge >= 0.3 is 11.9 Å². The van der Waals surface area contributed by atoms with Gasteiger partial charge in [-0.15, -0.1) is 0 Å². The van der Waals surface area contributed by atoms with Crippen LogP contribution in [-0.2, 0) is 9.59 Å². The van der Waals surface area contributed by atoms with Crippen LogP contribution in [0.2, 0.25) is 0 Å². The smallest absolute Gasteiger partial charge is 0.414 e. The minimum Gasteiger partial charge on any atom is -0.473 e. The average molecular weight is 317 g/mol. The molecule has 6 nitrogen and oxygen atoms in total. The number of carbonyl (C=O) groups is 2. The van der Waals surface area contributed by atoms with Crippen molar-refractivity contribution in [1.82, 2.24) is 5.32 Å². The van der Waals surface area contributed by atoms with Crippen molar-refractivity contribution in [3.8, 4) is 0 Å². The molecule has 1 saturated carbocycles. The van der Waals surface area contributed by atoms with E-state index in [0.717, 1.165) is 12.3 Å². The van der Waals surface area contributed by atoms with Crippen molar-refractivity contribution in [3.63, 3.8) is 0 Å². The van der Waals surface area contributed by atoms with Gasteiger partial charge in [0.2, 0.25) is 0 Å². The van der Waals surface area contributed by atoms with Gasteiger partial charge in [0.25, 0.3) is 0 Å². The van der Waals surface area contributed by atoms with E-state index in [2.05, 4.69) is 33.0 Å². The van der Waals surface area contributed by atoms with Crippen LogP contribution in [0.15, 0.2) is 0 Å². The number of carboxylic acid groups (broad SMARTS) is 2. The summed E-state index contributed by atoms with van der Waals surface area (Å²) in [7, 11) is 0. The van der Waals surface area contributed by atoms with Crippen molar-refractivity contribution in [2.75, 3.05) is 6.61 Å². The fourth-order valence-electron chi connectivity index (χ4n) is 2.76. The Morgan fingerprint density at radius 2 is 1.55 bits per heavy atom. The Labute approximate surface area is 132 Å². The van der Waals surface area contributed by atoms with Crippen molar-refractivity contribution in [1.29, 1.82) is 0 Å². The predicted molar refractivity (Wildman–Crippen MR) is 84.8 cm³/mol. The third-order valence-corrected chi connectivity index (χ3v) is 4.32. The molecule has 0 bridgehead atoms. The number of carboxylic acids is 2. The molecule has 22 heavy (non-hydrogen) atoms. The van der Waals surface area contributed by atoms with Crippen molar-refractivity contribution < 1.29 is 24.9 Å². The summed E-state index contributed by atoms with van der Waals surface area (Å²) < 4.78 is 0. The largest absolute Gasteiger partial charge is 0.473 e. The predicted octanol–water partition coefficient (Wildman–Crippen LogP) is 2.11. The summed E-state index contributed by atoms with van der Waals surface area (Å²) in [5, 5.41) is 27.5. The minimum absolute atomic E-state index is 0.274. The highest BCUT2D eigenvalue weighted by Crippen LogP contribution is 2.37. The summed E-state index contributed by atoms with van der Waals surface area (Å²) in [5.41, 5.74) is 0.464. The van der Waals surface area contributed by atoms with E-state index in [1.54, 1.807) is 0 Å². The van der Waals surface area contributed by atoms with E-state index >= 15 is 0 Å². The van der Waals surface area contributed by atoms with Crippen LogP contribution in [0.5, 0.6) is 0 Å². The summed E-state index contributed by atoms with van der Waals surface area (Å²) in [6.45, 7) is 9.47. The standard InChI is InChI=1S/C14H29NO.C2H2O4/c1-5-12(10-16)15-13-8-6-11(7-9-13)14(2,3)4;3-1(4)2(5)6/h11-13,15-16H,5-10H2,1-4H3;(H,3,4)(H,5,6). The van der Waals surface area contributed by atoms with E-state index in [9.17, 15) is 5.11 Å². The van der Waals surface area contributed by atoms with Crippen molar-refractivity contribution in [2.24, 2.45) is 11.3 Å². The molecule has 0 aromatic rings. The van der Waals surface area contributed by atoms with E-state index < -0.39 is 11.9 Å². The molecule has 1 rings (SSSR count). The third-order valence-electron chi connectivity index (χ3n) is 4.32. The first-order valence-corrected chi connectivity index (χ1v) is 7.94. The molecule has 1 unspecified atom stereocenters. The van der Waals surface area contributed by atoms with E-state index in [1.807, 2.05) is 0 Å². The zero-order chi connectivity index (χ0) is 17.3. The molecule has 0 heterocycles. The van der Waals surface area contributed by atoms with Gasteiger partial charge in [-0.1, -0.05) is 27.7 Å². The third kappa shape index (κ3) is 8.34. The van der Waals surface area contributed by atoms with Gasteiger partial charge in [0, 0.05) is 12.1 Å². The summed E-state index contributed by atoms with van der Waals surface area (Å²) in [6.07, 6.45) is 6.25. The maximum absolute atomic E-state index is 9.18. The van der Waals surface area contributed by atoms with Crippen molar-refractivity contribution >= 4 is 11.9 Å². The fraction of sp³-hybridized carbons (Fsp3) is 0.875. The Bertz CT molecular complexity index is 327. The maximum atomic E-state index is 9.18. The lowest BCUT2D eigenvalue weighted by Gasteiger charge is -2.38. The lowest BCUT2D eigenvalue weighted by atomic mass is 9.71. The molecule has 0 aliphatic heterocycles. The van der Waals surface area contributed by atoms with E-state index in [4.69, 9.17) is 19.8 Å². The topological polar surface area (TPSA) is 107 Å². The second-order valence-corrected chi connectivity index (χ2v) is 6.98. The van der Waals surface area contributed by atoms with Crippen LogP contribution in [0.3, 0.4) is 0 Å². The van der Waals surface area contributed by atoms with E-state index in [0.29, 0.717) is 17.5 Å². The lowest BCUT2D eigenvalue weighted by molar-refractivity contribution is -0.159. The number of hydrogen-bond donors (Lipinski definition) is 4. The molecule has 0 aromatic carbocycles. The second kappa shape index (κ2) is 9.79. The number of rotatable bonds is 4. The molecule has 130 valence electrons. The molecule has 1 aliphatic carbocycles. The highest BCUT2D eigenvalue weighted by Gasteiger charge is 2.29. The second-order valence-electron chi connectivity index (χ2n) is 6.98. The highest BCUT2D eigenvalue weighted by molar-refractivity contribution is 6.27. The molecular weight excluding hydrogens is 286 g/mol. The van der Waals surface area contributed by atoms with E-state index in [1.165, 1.54) is 25.7 Å². The Kier molecular flexibility index (Phi) is 9.28. The van der Waals surface area contributed by atoms with Gasteiger partial charge in [-0.25, -0.2) is 9.59 Å². The minimum atomic E-state index is -1.82. The molecule has 1 atom stereocenters. The molecule has 0 radical (unpaired) electrons. The normalized spacial score (nSPS) is 23.1. The first kappa shape index (κ1) is 20.9. The number of aliphatic carboxylic acids is 2. The molecule has 6 heteroatoms. The van der Waals surface area contributed by atoms with Gasteiger partial charge in [0.15, 0.2) is 0 Å². The van der Waals surface area contributed by atoms with Gasteiger partial charge in [-0.05, 0) is 43.4 Å². The first-order chi connectivity index (χ1) is 10.1. The average Bonchev–Trinajstić information content (AvgIpc) is 2.44. The van der Waals surface area contributed by atoms with Crippen LogP contribution in [0.1, 0.15) is 59.8 Å². The van der Waals surface area contributed by atoms with Gasteiger partial charge in [-0.2, -0.15) is 0 Å². The van der Waals surface area contributed by atoms with Crippen LogP contribution in [0.4, 0.5) is 0 Å². The zero-order valence-electron chi connectivity index (χ0n) is 14.1. The Hall–Kier alpha value is -1.14. The number of aliphatic hydroxyl groups is 1. The Balaban J connectivity index is 0.000000626. The molecule has 1 fully saturated rings. The van der Waals surface area contributed by atoms with Crippen LogP contribution < -0.4 is 5.32 Å².